The van der Waals surface area contributed by atoms with Crippen LogP contribution >= 0.6 is 0 Å². The van der Waals surface area contributed by atoms with Gasteiger partial charge in [0.2, 0.25) is 0 Å². The van der Waals surface area contributed by atoms with Gasteiger partial charge in [0.1, 0.15) is 5.82 Å². The molecular weight excluding hydrogens is 227 g/mol. The van der Waals surface area contributed by atoms with E-state index in [1.807, 2.05) is 19.1 Å². The van der Waals surface area contributed by atoms with Crippen molar-refractivity contribution >= 4 is 5.69 Å². The topological polar surface area (TPSA) is 29.3 Å². The summed E-state index contributed by atoms with van der Waals surface area (Å²) in [5.74, 6) is 1.20. The van der Waals surface area contributed by atoms with E-state index in [0.29, 0.717) is 11.8 Å². The molecule has 2 atom stereocenters. The fourth-order valence-corrected chi connectivity index (χ4v) is 2.61. The molecule has 2 nitrogen and oxygen atoms in total. The summed E-state index contributed by atoms with van der Waals surface area (Å²) < 4.78 is 14.1. The van der Waals surface area contributed by atoms with Gasteiger partial charge in [-0.3, -0.25) is 0 Å². The minimum absolute atomic E-state index is 0.115. The van der Waals surface area contributed by atoms with Gasteiger partial charge in [-0.1, -0.05) is 19.9 Å². The van der Waals surface area contributed by atoms with Gasteiger partial charge in [-0.25, -0.2) is 4.39 Å². The first-order valence-electron chi connectivity index (χ1n) is 6.79. The largest absolute Gasteiger partial charge is 0.369 e. The number of halogens is 1. The first kappa shape index (κ1) is 13.3. The molecule has 18 heavy (non-hydrogen) atoms. The number of nitrogens with two attached hydrogens (primary N) is 1. The maximum Gasteiger partial charge on any atom is 0.146 e. The first-order valence-corrected chi connectivity index (χ1v) is 6.79. The molecule has 1 saturated heterocycles. The van der Waals surface area contributed by atoms with Crippen molar-refractivity contribution in [2.75, 3.05) is 18.0 Å². The van der Waals surface area contributed by atoms with Crippen molar-refractivity contribution < 1.29 is 4.39 Å². The molecule has 0 saturated carbocycles. The zero-order valence-corrected chi connectivity index (χ0v) is 11.5. The number of anilines is 1. The lowest BCUT2D eigenvalue weighted by Crippen LogP contribution is -2.22. The molecule has 1 aromatic rings. The molecule has 0 radical (unpaired) electrons. The number of benzene rings is 1. The van der Waals surface area contributed by atoms with Crippen LogP contribution < -0.4 is 10.6 Å². The molecule has 1 fully saturated rings. The Balaban J connectivity index is 2.15. The van der Waals surface area contributed by atoms with Crippen LogP contribution in [-0.2, 0) is 0 Å². The van der Waals surface area contributed by atoms with Crippen LogP contribution in [0.2, 0.25) is 0 Å². The van der Waals surface area contributed by atoms with Gasteiger partial charge in [0.25, 0.3) is 0 Å². The lowest BCUT2D eigenvalue weighted by molar-refractivity contribution is 0.422. The lowest BCUT2D eigenvalue weighted by atomic mass is 9.95. The van der Waals surface area contributed by atoms with Crippen molar-refractivity contribution in [2.45, 2.75) is 33.2 Å². The number of hydrogen-bond donors (Lipinski definition) is 1. The van der Waals surface area contributed by atoms with Gasteiger partial charge in [-0.05, 0) is 42.9 Å². The molecular formula is C15H23FN2. The Bertz CT molecular complexity index is 415. The van der Waals surface area contributed by atoms with Crippen LogP contribution in [0.4, 0.5) is 10.1 Å². The van der Waals surface area contributed by atoms with Crippen molar-refractivity contribution in [1.82, 2.24) is 0 Å². The van der Waals surface area contributed by atoms with Gasteiger partial charge >= 0.3 is 0 Å². The molecule has 0 spiro atoms. The van der Waals surface area contributed by atoms with Crippen LogP contribution in [0, 0.1) is 17.7 Å². The molecule has 1 unspecified atom stereocenters. The maximum absolute atomic E-state index is 14.1. The molecule has 1 heterocycles. The van der Waals surface area contributed by atoms with Crippen molar-refractivity contribution in [2.24, 2.45) is 17.6 Å². The summed E-state index contributed by atoms with van der Waals surface area (Å²) in [7, 11) is 0. The van der Waals surface area contributed by atoms with Crippen LogP contribution in [0.15, 0.2) is 18.2 Å². The van der Waals surface area contributed by atoms with Crippen molar-refractivity contribution in [1.29, 1.82) is 0 Å². The molecule has 0 aromatic heterocycles. The average molecular weight is 250 g/mol. The molecule has 2 N–H and O–H groups in total. The molecule has 3 heteroatoms. The smallest absolute Gasteiger partial charge is 0.146 e. The molecule has 2 rings (SSSR count). The minimum atomic E-state index is -0.144. The Morgan fingerprint density at radius 1 is 1.33 bits per heavy atom. The first-order chi connectivity index (χ1) is 8.49. The zero-order chi connectivity index (χ0) is 13.3. The summed E-state index contributed by atoms with van der Waals surface area (Å²) in [6, 6.07) is 5.26. The quantitative estimate of drug-likeness (QED) is 0.891. The van der Waals surface area contributed by atoms with Crippen molar-refractivity contribution in [3.8, 4) is 0 Å². The van der Waals surface area contributed by atoms with E-state index in [9.17, 15) is 4.39 Å². The summed E-state index contributed by atoms with van der Waals surface area (Å²) in [5, 5.41) is 0. The van der Waals surface area contributed by atoms with Gasteiger partial charge in [0.15, 0.2) is 0 Å². The van der Waals surface area contributed by atoms with Crippen LogP contribution in [0.5, 0.6) is 0 Å². The monoisotopic (exact) mass is 250 g/mol. The Hall–Kier alpha value is -1.09. The lowest BCUT2D eigenvalue weighted by Gasteiger charge is -2.21. The minimum Gasteiger partial charge on any atom is -0.369 e. The molecule has 1 aromatic carbocycles. The molecule has 0 aliphatic carbocycles. The normalized spacial score (nSPS) is 21.7. The van der Waals surface area contributed by atoms with E-state index in [0.717, 1.165) is 30.8 Å². The SMILES string of the molecule is CC(C)C1CCN(c2ccc([C@@H](C)N)cc2F)C1. The fourth-order valence-electron chi connectivity index (χ4n) is 2.61. The van der Waals surface area contributed by atoms with E-state index in [2.05, 4.69) is 18.7 Å². The summed E-state index contributed by atoms with van der Waals surface area (Å²) in [4.78, 5) is 2.16. The summed E-state index contributed by atoms with van der Waals surface area (Å²) in [6.45, 7) is 8.27. The highest BCUT2D eigenvalue weighted by Crippen LogP contribution is 2.30. The van der Waals surface area contributed by atoms with Crippen molar-refractivity contribution in [3.63, 3.8) is 0 Å². The fraction of sp³-hybridized carbons (Fsp3) is 0.600. The van der Waals surface area contributed by atoms with Gasteiger partial charge in [-0.2, -0.15) is 0 Å². The summed E-state index contributed by atoms with van der Waals surface area (Å²) >= 11 is 0. The average Bonchev–Trinajstić information content (AvgIpc) is 2.78. The second kappa shape index (κ2) is 5.27. The van der Waals surface area contributed by atoms with E-state index in [4.69, 9.17) is 5.73 Å². The Kier molecular flexibility index (Phi) is 3.91. The van der Waals surface area contributed by atoms with E-state index in [1.54, 1.807) is 6.07 Å². The Morgan fingerprint density at radius 3 is 2.56 bits per heavy atom. The van der Waals surface area contributed by atoms with E-state index < -0.39 is 0 Å². The highest BCUT2D eigenvalue weighted by atomic mass is 19.1. The van der Waals surface area contributed by atoms with Gasteiger partial charge in [0, 0.05) is 19.1 Å². The third-order valence-electron chi connectivity index (χ3n) is 4.01. The Labute approximate surface area is 109 Å². The number of rotatable bonds is 3. The zero-order valence-electron chi connectivity index (χ0n) is 11.5. The second-order valence-electron chi connectivity index (χ2n) is 5.74. The molecule has 100 valence electrons. The second-order valence-corrected chi connectivity index (χ2v) is 5.74. The van der Waals surface area contributed by atoms with Gasteiger partial charge < -0.3 is 10.6 Å². The third-order valence-corrected chi connectivity index (χ3v) is 4.01. The van der Waals surface area contributed by atoms with E-state index in [1.165, 1.54) is 0 Å². The molecule has 1 aliphatic rings. The van der Waals surface area contributed by atoms with Crippen molar-refractivity contribution in [3.05, 3.63) is 29.6 Å². The van der Waals surface area contributed by atoms with Crippen LogP contribution in [0.3, 0.4) is 0 Å². The highest BCUT2D eigenvalue weighted by Gasteiger charge is 2.26. The summed E-state index contributed by atoms with van der Waals surface area (Å²) in [5.41, 5.74) is 7.35. The molecule has 1 aliphatic heterocycles. The maximum atomic E-state index is 14.1. The number of nitrogens with zero attached hydrogens (tertiary/aromatic N) is 1. The van der Waals surface area contributed by atoms with E-state index >= 15 is 0 Å². The molecule has 0 bridgehead atoms. The summed E-state index contributed by atoms with van der Waals surface area (Å²) in [6.07, 6.45) is 1.16. The van der Waals surface area contributed by atoms with Crippen LogP contribution in [0.1, 0.15) is 38.8 Å². The Morgan fingerprint density at radius 2 is 2.06 bits per heavy atom. The van der Waals surface area contributed by atoms with Gasteiger partial charge in [0.05, 0.1) is 5.69 Å². The van der Waals surface area contributed by atoms with Gasteiger partial charge in [-0.15, -0.1) is 0 Å². The third kappa shape index (κ3) is 2.66. The highest BCUT2D eigenvalue weighted by molar-refractivity contribution is 5.50. The number of hydrogen-bond acceptors (Lipinski definition) is 2. The predicted octanol–water partition coefficient (Wildman–Crippen LogP) is 3.33. The van der Waals surface area contributed by atoms with Crippen LogP contribution in [0.25, 0.3) is 0 Å². The van der Waals surface area contributed by atoms with Crippen LogP contribution in [-0.4, -0.2) is 13.1 Å². The predicted molar refractivity (Wildman–Crippen MR) is 74.2 cm³/mol. The molecule has 0 amide bonds. The standard InChI is InChI=1S/C15H23FN2/c1-10(2)13-6-7-18(9-13)15-5-4-12(11(3)17)8-14(15)16/h4-5,8,10-11,13H,6-7,9,17H2,1-3H3/t11-,13?/m1/s1. The van der Waals surface area contributed by atoms with E-state index in [-0.39, 0.29) is 11.9 Å².